The van der Waals surface area contributed by atoms with Crippen molar-refractivity contribution in [2.24, 2.45) is 0 Å². The first kappa shape index (κ1) is 9.24. The van der Waals surface area contributed by atoms with Crippen LogP contribution in [-0.2, 0) is 4.79 Å². The largest absolute Gasteiger partial charge is 0.338 e. The summed E-state index contributed by atoms with van der Waals surface area (Å²) >= 11 is 0. The molecule has 1 fully saturated rings. The van der Waals surface area contributed by atoms with E-state index in [1.54, 1.807) is 6.92 Å². The molecule has 0 aromatic carbocycles. The Morgan fingerprint density at radius 2 is 2.50 bits per heavy atom. The fraction of sp³-hybridized carbons (Fsp3) is 0.600. The molecule has 0 saturated heterocycles. The highest BCUT2D eigenvalue weighted by molar-refractivity contribution is 5.89. The minimum atomic E-state index is -0.0405. The van der Waals surface area contributed by atoms with Crippen molar-refractivity contribution in [1.29, 1.82) is 0 Å². The zero-order valence-electron chi connectivity index (χ0n) is 8.25. The molecule has 76 valence electrons. The molecular formula is C10H14N2O2. The summed E-state index contributed by atoms with van der Waals surface area (Å²) in [5, 5.41) is 6.58. The zero-order chi connectivity index (χ0) is 9.97. The van der Waals surface area contributed by atoms with Gasteiger partial charge in [-0.3, -0.25) is 10.1 Å². The summed E-state index contributed by atoms with van der Waals surface area (Å²) in [5.74, 6) is 0.978. The smallest absolute Gasteiger partial charge is 0.231 e. The maximum atomic E-state index is 11.0. The molecule has 4 heteroatoms. The Hall–Kier alpha value is -1.32. The number of nitrogens with one attached hydrogen (secondary N) is 1. The Labute approximate surface area is 82.7 Å². The molecule has 14 heavy (non-hydrogen) atoms. The van der Waals surface area contributed by atoms with Crippen molar-refractivity contribution in [3.63, 3.8) is 0 Å². The second kappa shape index (κ2) is 3.82. The van der Waals surface area contributed by atoms with Crippen molar-refractivity contribution in [3.05, 3.63) is 11.8 Å². The molecule has 1 aliphatic rings. The van der Waals surface area contributed by atoms with Crippen LogP contribution in [0.15, 0.2) is 10.6 Å². The van der Waals surface area contributed by atoms with E-state index in [4.69, 9.17) is 4.52 Å². The molecule has 1 heterocycles. The summed E-state index contributed by atoms with van der Waals surface area (Å²) in [5.41, 5.74) is 0.975. The molecule has 1 saturated carbocycles. The molecule has 1 aliphatic carbocycles. The number of hydrogen-bond acceptors (Lipinski definition) is 3. The predicted octanol–water partition coefficient (Wildman–Crippen LogP) is 2.29. The summed E-state index contributed by atoms with van der Waals surface area (Å²) in [6.07, 6.45) is 4.11. The average Bonchev–Trinajstić information content (AvgIpc) is 2.50. The van der Waals surface area contributed by atoms with Crippen molar-refractivity contribution in [2.45, 2.75) is 38.5 Å². The Morgan fingerprint density at radius 3 is 3.07 bits per heavy atom. The van der Waals surface area contributed by atoms with Gasteiger partial charge in [0.25, 0.3) is 0 Å². The van der Waals surface area contributed by atoms with E-state index in [-0.39, 0.29) is 5.91 Å². The van der Waals surface area contributed by atoms with E-state index >= 15 is 0 Å². The van der Waals surface area contributed by atoms with Crippen LogP contribution in [-0.4, -0.2) is 11.1 Å². The lowest BCUT2D eigenvalue weighted by molar-refractivity contribution is -0.116. The van der Waals surface area contributed by atoms with Gasteiger partial charge in [0, 0.05) is 18.4 Å². The minimum Gasteiger partial charge on any atom is -0.338 e. The first-order valence-electron chi connectivity index (χ1n) is 5.06. The van der Waals surface area contributed by atoms with Gasteiger partial charge in [-0.15, -0.1) is 0 Å². The highest BCUT2D eigenvalue weighted by Gasteiger charge is 2.23. The Morgan fingerprint density at radius 1 is 1.71 bits per heavy atom. The maximum Gasteiger partial charge on any atom is 0.231 e. The molecule has 1 N–H and O–H groups in total. The lowest BCUT2D eigenvalue weighted by atomic mass is 9.83. The molecule has 2 rings (SSSR count). The molecular weight excluding hydrogens is 180 g/mol. The van der Waals surface area contributed by atoms with Crippen LogP contribution in [0, 0.1) is 0 Å². The predicted molar refractivity (Wildman–Crippen MR) is 52.0 cm³/mol. The van der Waals surface area contributed by atoms with Gasteiger partial charge in [-0.25, -0.2) is 0 Å². The van der Waals surface area contributed by atoms with Crippen molar-refractivity contribution in [3.8, 4) is 0 Å². The molecule has 0 bridgehead atoms. The summed E-state index contributed by atoms with van der Waals surface area (Å²) in [6, 6.07) is 1.83. The molecule has 0 unspecified atom stereocenters. The van der Waals surface area contributed by atoms with Gasteiger partial charge in [-0.1, -0.05) is 18.5 Å². The highest BCUT2D eigenvalue weighted by atomic mass is 16.5. The van der Waals surface area contributed by atoms with Crippen LogP contribution in [0.1, 0.15) is 44.2 Å². The lowest BCUT2D eigenvalue weighted by Gasteiger charge is -2.22. The number of hydrogen-bond donors (Lipinski definition) is 1. The number of amides is 1. The van der Waals surface area contributed by atoms with Crippen molar-refractivity contribution in [2.75, 3.05) is 5.32 Å². The second-order valence-electron chi connectivity index (χ2n) is 3.65. The third-order valence-corrected chi connectivity index (χ3v) is 2.64. The number of anilines is 1. The normalized spacial score (nSPS) is 16.4. The quantitative estimate of drug-likeness (QED) is 0.803. The van der Waals surface area contributed by atoms with Crippen LogP contribution in [0.5, 0.6) is 0 Å². The van der Waals surface area contributed by atoms with Gasteiger partial charge in [-0.05, 0) is 12.8 Å². The minimum absolute atomic E-state index is 0.0405. The molecule has 1 aromatic heterocycles. The summed E-state index contributed by atoms with van der Waals surface area (Å²) in [6.45, 7) is 1.80. The van der Waals surface area contributed by atoms with Gasteiger partial charge in [-0.2, -0.15) is 0 Å². The van der Waals surface area contributed by atoms with E-state index < -0.39 is 0 Å². The third-order valence-electron chi connectivity index (χ3n) is 2.64. The Kier molecular flexibility index (Phi) is 2.52. The number of carbonyl (C=O) groups excluding carboxylic acids is 1. The van der Waals surface area contributed by atoms with Gasteiger partial charge in [0.05, 0.1) is 5.69 Å². The maximum absolute atomic E-state index is 11.0. The third kappa shape index (κ3) is 1.78. The lowest BCUT2D eigenvalue weighted by Crippen LogP contribution is -2.09. The Bertz CT molecular complexity index is 329. The van der Waals surface area contributed by atoms with E-state index in [0.29, 0.717) is 18.2 Å². The first-order valence-corrected chi connectivity index (χ1v) is 5.06. The standard InChI is InChI=1S/C10H14N2O2/c1-2-9(13)11-10-6-8(12-14-10)7-4-3-5-7/h6-7H,2-5H2,1H3,(H,11,13). The fourth-order valence-corrected chi connectivity index (χ4v) is 1.47. The van der Waals surface area contributed by atoms with E-state index in [2.05, 4.69) is 10.5 Å². The number of rotatable bonds is 3. The molecule has 0 spiro atoms. The van der Waals surface area contributed by atoms with Gasteiger partial charge >= 0.3 is 0 Å². The van der Waals surface area contributed by atoms with Gasteiger partial charge in [0.2, 0.25) is 11.8 Å². The molecule has 1 amide bonds. The molecule has 0 radical (unpaired) electrons. The van der Waals surface area contributed by atoms with Gasteiger partial charge in [0.1, 0.15) is 0 Å². The first-order chi connectivity index (χ1) is 6.79. The number of aromatic nitrogens is 1. The van der Waals surface area contributed by atoms with Crippen molar-refractivity contribution in [1.82, 2.24) is 5.16 Å². The number of nitrogens with zero attached hydrogens (tertiary/aromatic N) is 1. The highest BCUT2D eigenvalue weighted by Crippen LogP contribution is 2.36. The van der Waals surface area contributed by atoms with Crippen LogP contribution in [0.2, 0.25) is 0 Å². The summed E-state index contributed by atoms with van der Waals surface area (Å²) < 4.78 is 5.01. The van der Waals surface area contributed by atoms with E-state index in [0.717, 1.165) is 5.69 Å². The van der Waals surface area contributed by atoms with Crippen LogP contribution in [0.4, 0.5) is 5.88 Å². The SMILES string of the molecule is CCC(=O)Nc1cc(C2CCC2)no1. The van der Waals surface area contributed by atoms with E-state index in [1.807, 2.05) is 6.07 Å². The molecule has 4 nitrogen and oxygen atoms in total. The van der Waals surface area contributed by atoms with E-state index in [9.17, 15) is 4.79 Å². The molecule has 1 aromatic rings. The van der Waals surface area contributed by atoms with Gasteiger partial charge in [0.15, 0.2) is 0 Å². The van der Waals surface area contributed by atoms with Crippen LogP contribution in [0.3, 0.4) is 0 Å². The van der Waals surface area contributed by atoms with Crippen molar-refractivity contribution >= 4 is 11.8 Å². The van der Waals surface area contributed by atoms with Crippen LogP contribution in [0.25, 0.3) is 0 Å². The van der Waals surface area contributed by atoms with Crippen LogP contribution >= 0.6 is 0 Å². The van der Waals surface area contributed by atoms with Crippen LogP contribution < -0.4 is 5.32 Å². The average molecular weight is 194 g/mol. The van der Waals surface area contributed by atoms with E-state index in [1.165, 1.54) is 19.3 Å². The molecule has 0 atom stereocenters. The second-order valence-corrected chi connectivity index (χ2v) is 3.65. The zero-order valence-corrected chi connectivity index (χ0v) is 8.25. The van der Waals surface area contributed by atoms with Gasteiger partial charge < -0.3 is 4.52 Å². The number of carbonyl (C=O) groups is 1. The monoisotopic (exact) mass is 194 g/mol. The van der Waals surface area contributed by atoms with Crippen molar-refractivity contribution < 1.29 is 9.32 Å². The topological polar surface area (TPSA) is 55.1 Å². The summed E-state index contributed by atoms with van der Waals surface area (Å²) in [4.78, 5) is 11.0. The summed E-state index contributed by atoms with van der Waals surface area (Å²) in [7, 11) is 0. The Balaban J connectivity index is 1.98. The fourth-order valence-electron chi connectivity index (χ4n) is 1.47. The molecule has 0 aliphatic heterocycles.